The van der Waals surface area contributed by atoms with Crippen LogP contribution in [0.5, 0.6) is 11.5 Å². The van der Waals surface area contributed by atoms with Crippen molar-refractivity contribution in [1.82, 2.24) is 5.43 Å². The van der Waals surface area contributed by atoms with Crippen LogP contribution < -0.4 is 20.6 Å². The summed E-state index contributed by atoms with van der Waals surface area (Å²) in [4.78, 5) is 12.2. The molecule has 0 fully saturated rings. The minimum atomic E-state index is -0.385. The van der Waals surface area contributed by atoms with Crippen molar-refractivity contribution in [2.24, 2.45) is 5.10 Å². The van der Waals surface area contributed by atoms with Crippen LogP contribution in [0, 0.1) is 0 Å². The van der Waals surface area contributed by atoms with Crippen molar-refractivity contribution in [2.45, 2.75) is 6.61 Å². The van der Waals surface area contributed by atoms with Gasteiger partial charge in [0.1, 0.15) is 6.61 Å². The fourth-order valence-corrected chi connectivity index (χ4v) is 2.60. The standard InChI is InChI=1S/C22H21N3O3/c1-27-20-13-7-10-17(21(20)28-15-16-8-3-2-4-9-16)14-24-25-22(26)18-11-5-6-12-19(18)23/h2-14H,15,23H2,1H3,(H,25,26)/b24-14-. The molecule has 0 heterocycles. The highest BCUT2D eigenvalue weighted by Gasteiger charge is 2.11. The SMILES string of the molecule is COc1cccc(/C=N\NC(=O)c2ccccc2N)c1OCc1ccccc1. The van der Waals surface area contributed by atoms with Gasteiger partial charge in [0.25, 0.3) is 5.91 Å². The van der Waals surface area contributed by atoms with Gasteiger partial charge in [-0.25, -0.2) is 5.43 Å². The van der Waals surface area contributed by atoms with E-state index in [4.69, 9.17) is 15.2 Å². The van der Waals surface area contributed by atoms with Gasteiger partial charge in [-0.3, -0.25) is 4.79 Å². The number of carbonyl (C=O) groups excluding carboxylic acids is 1. The maximum Gasteiger partial charge on any atom is 0.273 e. The predicted molar refractivity (Wildman–Crippen MR) is 110 cm³/mol. The highest BCUT2D eigenvalue weighted by molar-refractivity contribution is 5.99. The Hall–Kier alpha value is -3.80. The molecular weight excluding hydrogens is 354 g/mol. The number of methoxy groups -OCH3 is 1. The van der Waals surface area contributed by atoms with Gasteiger partial charge in [-0.2, -0.15) is 5.10 Å². The van der Waals surface area contributed by atoms with Gasteiger partial charge in [0.05, 0.1) is 18.9 Å². The summed E-state index contributed by atoms with van der Waals surface area (Å²) in [6, 6.07) is 22.1. The van der Waals surface area contributed by atoms with E-state index in [1.165, 1.54) is 6.21 Å². The number of hydrogen-bond acceptors (Lipinski definition) is 5. The second kappa shape index (κ2) is 9.23. The third-order valence-electron chi connectivity index (χ3n) is 4.03. The summed E-state index contributed by atoms with van der Waals surface area (Å²) in [5.41, 5.74) is 10.8. The van der Waals surface area contributed by atoms with Gasteiger partial charge in [0.2, 0.25) is 0 Å². The molecule has 0 bridgehead atoms. The number of ether oxygens (including phenoxy) is 2. The average molecular weight is 375 g/mol. The number of nitrogens with one attached hydrogen (secondary N) is 1. The number of hydrogen-bond donors (Lipinski definition) is 2. The lowest BCUT2D eigenvalue weighted by Gasteiger charge is -2.13. The number of rotatable bonds is 7. The van der Waals surface area contributed by atoms with Crippen LogP contribution in [0.25, 0.3) is 0 Å². The maximum atomic E-state index is 12.2. The smallest absolute Gasteiger partial charge is 0.273 e. The molecule has 1 amide bonds. The molecule has 142 valence electrons. The van der Waals surface area contributed by atoms with E-state index in [1.54, 1.807) is 37.4 Å². The summed E-state index contributed by atoms with van der Waals surface area (Å²) < 4.78 is 11.4. The first kappa shape index (κ1) is 19.0. The molecule has 6 heteroatoms. The quantitative estimate of drug-likeness (QED) is 0.375. The number of nitrogens with zero attached hydrogens (tertiary/aromatic N) is 1. The van der Waals surface area contributed by atoms with Gasteiger partial charge in [0, 0.05) is 11.3 Å². The molecule has 28 heavy (non-hydrogen) atoms. The molecule has 3 N–H and O–H groups in total. The van der Waals surface area contributed by atoms with Gasteiger partial charge in [-0.1, -0.05) is 48.5 Å². The van der Waals surface area contributed by atoms with Crippen molar-refractivity contribution in [1.29, 1.82) is 0 Å². The Balaban J connectivity index is 1.75. The summed E-state index contributed by atoms with van der Waals surface area (Å²) in [6.07, 6.45) is 1.51. The lowest BCUT2D eigenvalue weighted by molar-refractivity contribution is 0.0956. The number of carbonyl (C=O) groups is 1. The Morgan fingerprint density at radius 1 is 1.04 bits per heavy atom. The lowest BCUT2D eigenvalue weighted by atomic mass is 10.2. The molecule has 0 aliphatic carbocycles. The second-order valence-electron chi connectivity index (χ2n) is 5.94. The summed E-state index contributed by atoms with van der Waals surface area (Å²) in [6.45, 7) is 0.384. The zero-order valence-electron chi connectivity index (χ0n) is 15.5. The molecule has 0 atom stereocenters. The Morgan fingerprint density at radius 3 is 2.54 bits per heavy atom. The van der Waals surface area contributed by atoms with Crippen LogP contribution >= 0.6 is 0 Å². The first-order valence-electron chi connectivity index (χ1n) is 8.70. The van der Waals surface area contributed by atoms with Crippen LogP contribution in [0.3, 0.4) is 0 Å². The number of hydrazone groups is 1. The van der Waals surface area contributed by atoms with Crippen molar-refractivity contribution >= 4 is 17.8 Å². The van der Waals surface area contributed by atoms with Crippen LogP contribution in [0.15, 0.2) is 77.9 Å². The zero-order valence-corrected chi connectivity index (χ0v) is 15.5. The van der Waals surface area contributed by atoms with Crippen LogP contribution in [0.2, 0.25) is 0 Å². The minimum Gasteiger partial charge on any atom is -0.493 e. The number of amides is 1. The van der Waals surface area contributed by atoms with Crippen LogP contribution in [-0.2, 0) is 6.61 Å². The third-order valence-corrected chi connectivity index (χ3v) is 4.03. The van der Waals surface area contributed by atoms with E-state index in [9.17, 15) is 4.79 Å². The Bertz CT molecular complexity index is 972. The van der Waals surface area contributed by atoms with E-state index in [1.807, 2.05) is 42.5 Å². The fourth-order valence-electron chi connectivity index (χ4n) is 2.60. The molecule has 0 aliphatic heterocycles. The molecule has 3 aromatic rings. The number of anilines is 1. The fraction of sp³-hybridized carbons (Fsp3) is 0.0909. The average Bonchev–Trinajstić information content (AvgIpc) is 2.73. The Morgan fingerprint density at radius 2 is 1.79 bits per heavy atom. The monoisotopic (exact) mass is 375 g/mol. The molecule has 0 saturated heterocycles. The van der Waals surface area contributed by atoms with E-state index in [0.717, 1.165) is 5.56 Å². The molecule has 0 spiro atoms. The van der Waals surface area contributed by atoms with Crippen molar-refractivity contribution in [3.05, 3.63) is 89.5 Å². The summed E-state index contributed by atoms with van der Waals surface area (Å²) in [5, 5.41) is 4.03. The summed E-state index contributed by atoms with van der Waals surface area (Å²) in [5.74, 6) is 0.744. The first-order chi connectivity index (χ1) is 13.7. The Labute approximate surface area is 163 Å². The van der Waals surface area contributed by atoms with E-state index < -0.39 is 0 Å². The van der Waals surface area contributed by atoms with E-state index in [-0.39, 0.29) is 5.91 Å². The second-order valence-corrected chi connectivity index (χ2v) is 5.94. The highest BCUT2D eigenvalue weighted by Crippen LogP contribution is 2.30. The maximum absolute atomic E-state index is 12.2. The van der Waals surface area contributed by atoms with E-state index in [0.29, 0.717) is 34.9 Å². The lowest BCUT2D eigenvalue weighted by Crippen LogP contribution is -2.19. The summed E-state index contributed by atoms with van der Waals surface area (Å²) in [7, 11) is 1.57. The molecule has 0 unspecified atom stereocenters. The minimum absolute atomic E-state index is 0.367. The van der Waals surface area contributed by atoms with Crippen LogP contribution in [0.1, 0.15) is 21.5 Å². The number of benzene rings is 3. The first-order valence-corrected chi connectivity index (χ1v) is 8.70. The zero-order chi connectivity index (χ0) is 19.8. The normalized spacial score (nSPS) is 10.6. The van der Waals surface area contributed by atoms with E-state index >= 15 is 0 Å². The molecule has 3 rings (SSSR count). The highest BCUT2D eigenvalue weighted by atomic mass is 16.5. The van der Waals surface area contributed by atoms with Crippen LogP contribution in [-0.4, -0.2) is 19.2 Å². The molecule has 0 aliphatic rings. The van der Waals surface area contributed by atoms with E-state index in [2.05, 4.69) is 10.5 Å². The number of para-hydroxylation sites is 2. The topological polar surface area (TPSA) is 85.9 Å². The van der Waals surface area contributed by atoms with Crippen LogP contribution in [0.4, 0.5) is 5.69 Å². The molecule has 6 nitrogen and oxygen atoms in total. The van der Waals surface area contributed by atoms with Gasteiger partial charge in [-0.15, -0.1) is 0 Å². The molecule has 3 aromatic carbocycles. The van der Waals surface area contributed by atoms with Gasteiger partial charge in [-0.05, 0) is 29.8 Å². The van der Waals surface area contributed by atoms with Gasteiger partial charge >= 0.3 is 0 Å². The van der Waals surface area contributed by atoms with Crippen molar-refractivity contribution < 1.29 is 14.3 Å². The number of nitrogens with two attached hydrogens (primary N) is 1. The van der Waals surface area contributed by atoms with Gasteiger partial charge in [0.15, 0.2) is 11.5 Å². The van der Waals surface area contributed by atoms with Crippen molar-refractivity contribution in [3.8, 4) is 11.5 Å². The Kier molecular flexibility index (Phi) is 6.25. The predicted octanol–water partition coefficient (Wildman–Crippen LogP) is 3.62. The molecular formula is C22H21N3O3. The summed E-state index contributed by atoms with van der Waals surface area (Å²) >= 11 is 0. The van der Waals surface area contributed by atoms with Gasteiger partial charge < -0.3 is 15.2 Å². The number of nitrogen functional groups attached to an aromatic ring is 1. The van der Waals surface area contributed by atoms with Crippen molar-refractivity contribution in [2.75, 3.05) is 12.8 Å². The molecule has 0 radical (unpaired) electrons. The molecule has 0 saturated carbocycles. The largest absolute Gasteiger partial charge is 0.493 e. The third kappa shape index (κ3) is 4.67. The van der Waals surface area contributed by atoms with Crippen molar-refractivity contribution in [3.63, 3.8) is 0 Å². The molecule has 0 aromatic heterocycles.